The Labute approximate surface area is 337 Å². The molecule has 0 spiro atoms. The summed E-state index contributed by atoms with van der Waals surface area (Å²) in [6.07, 6.45) is 8.39. The number of piperazine rings is 1. The fraction of sp³-hybridized carbons (Fsp3) is 0.350. The second kappa shape index (κ2) is 17.1. The van der Waals surface area contributed by atoms with Crippen LogP contribution in [0.15, 0.2) is 67.0 Å². The first-order chi connectivity index (χ1) is 27.6. The Bertz CT molecular complexity index is 2510. The van der Waals surface area contributed by atoms with Gasteiger partial charge in [0.05, 0.1) is 36.2 Å². The standard InChI is InChI=1S/C40H46ClN13O2S/c1-26-22-43-38-34(21-36(51-39(38)46-26)52-57(2,55)56)48-31-16-27(15-28(18-31)24-53-11-4-3-5-12-53)17-32-20-33(37-40(49-32)50-35(41)23-44-37)47-30-8-6-7-29(19-30)45-25-54-13-9-42-10-14-54/h6-8,15-16,18-23,42,45H,3-5,9-14,17,24-25H2,1-2H3,(H,47,49,50)(H2,46,48,51,52). The number of anilines is 6. The van der Waals surface area contributed by atoms with E-state index in [1.54, 1.807) is 12.3 Å². The summed E-state index contributed by atoms with van der Waals surface area (Å²) in [7, 11) is -3.59. The summed E-state index contributed by atoms with van der Waals surface area (Å²) in [5.41, 5.74) is 9.59. The van der Waals surface area contributed by atoms with Crippen molar-refractivity contribution in [3.63, 3.8) is 0 Å². The Hall–Kier alpha value is -5.26. The normalized spacial score (nSPS) is 15.5. The Kier molecular flexibility index (Phi) is 11.6. The van der Waals surface area contributed by atoms with Crippen molar-refractivity contribution in [2.45, 2.75) is 39.2 Å². The maximum Gasteiger partial charge on any atom is 0.230 e. The summed E-state index contributed by atoms with van der Waals surface area (Å²) in [4.78, 5) is 32.6. The number of piperidine rings is 1. The van der Waals surface area contributed by atoms with Crippen molar-refractivity contribution in [3.8, 4) is 0 Å². The third kappa shape index (κ3) is 10.2. The SMILES string of the molecule is Cc1cnc2c(Nc3cc(Cc4cc(Nc5cccc(NCN6CCNCC6)c5)c5ncc(Cl)nc5n4)cc(CN4CCCCC4)c3)cc(NS(C)(=O)=O)nc2n1. The highest BCUT2D eigenvalue weighted by atomic mass is 35.5. The van der Waals surface area contributed by atoms with Gasteiger partial charge in [-0.25, -0.2) is 38.3 Å². The summed E-state index contributed by atoms with van der Waals surface area (Å²) in [5.74, 6) is 0.151. The molecule has 0 amide bonds. The van der Waals surface area contributed by atoms with Gasteiger partial charge in [-0.3, -0.25) is 14.5 Å². The first kappa shape index (κ1) is 38.6. The van der Waals surface area contributed by atoms with Gasteiger partial charge in [0.1, 0.15) is 22.0 Å². The smallest absolute Gasteiger partial charge is 0.230 e. The quantitative estimate of drug-likeness (QED) is 0.0913. The van der Waals surface area contributed by atoms with Crippen LogP contribution in [0.3, 0.4) is 0 Å². The molecule has 2 saturated heterocycles. The van der Waals surface area contributed by atoms with Crippen molar-refractivity contribution in [3.05, 3.63) is 94.7 Å². The first-order valence-electron chi connectivity index (χ1n) is 19.2. The molecule has 0 bridgehead atoms. The van der Waals surface area contributed by atoms with Gasteiger partial charge >= 0.3 is 0 Å². The third-order valence-electron chi connectivity index (χ3n) is 9.90. The molecule has 0 radical (unpaired) electrons. The molecule has 2 aliphatic heterocycles. The Morgan fingerprint density at radius 1 is 0.754 bits per heavy atom. The molecule has 0 unspecified atom stereocenters. The van der Waals surface area contributed by atoms with Gasteiger partial charge in [0.2, 0.25) is 10.0 Å². The molecule has 8 rings (SSSR count). The zero-order valence-electron chi connectivity index (χ0n) is 32.0. The van der Waals surface area contributed by atoms with Crippen LogP contribution in [-0.2, 0) is 23.0 Å². The molecular weight excluding hydrogens is 762 g/mol. The number of nitrogens with zero attached hydrogens (tertiary/aromatic N) is 8. The molecule has 4 aromatic heterocycles. The monoisotopic (exact) mass is 807 g/mol. The Balaban J connectivity index is 1.12. The number of hydrogen-bond donors (Lipinski definition) is 5. The Morgan fingerprint density at radius 3 is 2.28 bits per heavy atom. The maximum atomic E-state index is 12.2. The molecule has 0 atom stereocenters. The van der Waals surface area contributed by atoms with Crippen LogP contribution in [0.4, 0.5) is 34.3 Å². The predicted molar refractivity (Wildman–Crippen MR) is 227 cm³/mol. The van der Waals surface area contributed by atoms with Gasteiger partial charge in [-0.05, 0) is 80.4 Å². The third-order valence-corrected chi connectivity index (χ3v) is 10.7. The number of likely N-dealkylation sites (tertiary alicyclic amines) is 1. The van der Waals surface area contributed by atoms with Crippen LogP contribution in [0, 0.1) is 6.92 Å². The fourth-order valence-corrected chi connectivity index (χ4v) is 7.95. The van der Waals surface area contributed by atoms with E-state index in [0.29, 0.717) is 40.1 Å². The number of benzene rings is 2. The summed E-state index contributed by atoms with van der Waals surface area (Å²) < 4.78 is 26.9. The van der Waals surface area contributed by atoms with Crippen LogP contribution >= 0.6 is 11.6 Å². The van der Waals surface area contributed by atoms with Crippen molar-refractivity contribution >= 4 is 78.2 Å². The molecule has 6 heterocycles. The van der Waals surface area contributed by atoms with Gasteiger partial charge in [0, 0.05) is 74.2 Å². The second-order valence-corrected chi connectivity index (χ2v) is 16.9. The second-order valence-electron chi connectivity index (χ2n) is 14.7. The van der Waals surface area contributed by atoms with Crippen LogP contribution < -0.4 is 26.0 Å². The summed E-state index contributed by atoms with van der Waals surface area (Å²) >= 11 is 6.36. The number of sulfonamides is 1. The van der Waals surface area contributed by atoms with Gasteiger partial charge in [-0.2, -0.15) is 0 Å². The van der Waals surface area contributed by atoms with Gasteiger partial charge in [0.25, 0.3) is 0 Å². The van der Waals surface area contributed by atoms with Gasteiger partial charge in [0.15, 0.2) is 11.3 Å². The number of nitrogens with one attached hydrogen (secondary N) is 5. The molecule has 296 valence electrons. The zero-order chi connectivity index (χ0) is 39.4. The number of aryl methyl sites for hydroxylation is 1. The zero-order valence-corrected chi connectivity index (χ0v) is 33.6. The average Bonchev–Trinajstić information content (AvgIpc) is 3.17. The molecule has 0 aliphatic carbocycles. The van der Waals surface area contributed by atoms with E-state index in [9.17, 15) is 8.42 Å². The van der Waals surface area contributed by atoms with Crippen LogP contribution in [0.2, 0.25) is 5.15 Å². The number of halogens is 1. The molecule has 2 aliphatic rings. The summed E-state index contributed by atoms with van der Waals surface area (Å²) in [6, 6.07) is 18.3. The maximum absolute atomic E-state index is 12.2. The van der Waals surface area contributed by atoms with E-state index in [1.807, 2.05) is 25.1 Å². The Morgan fingerprint density at radius 2 is 1.47 bits per heavy atom. The highest BCUT2D eigenvalue weighted by molar-refractivity contribution is 7.92. The number of hydrogen-bond acceptors (Lipinski definition) is 14. The topological polar surface area (TPSA) is 178 Å². The lowest BCUT2D eigenvalue weighted by atomic mass is 10.0. The van der Waals surface area contributed by atoms with E-state index < -0.39 is 10.0 Å². The van der Waals surface area contributed by atoms with Gasteiger partial charge in [-0.15, -0.1) is 0 Å². The van der Waals surface area contributed by atoms with E-state index in [2.05, 4.69) is 91.0 Å². The number of rotatable bonds is 13. The highest BCUT2D eigenvalue weighted by Crippen LogP contribution is 2.31. The average molecular weight is 808 g/mol. The molecule has 5 N–H and O–H groups in total. The van der Waals surface area contributed by atoms with Crippen molar-refractivity contribution < 1.29 is 8.42 Å². The minimum absolute atomic E-state index is 0.151. The minimum Gasteiger partial charge on any atom is -0.372 e. The summed E-state index contributed by atoms with van der Waals surface area (Å²) in [6.45, 7) is 9.48. The predicted octanol–water partition coefficient (Wildman–Crippen LogP) is 6.03. The molecule has 17 heteroatoms. The molecule has 6 aromatic rings. The molecule has 2 fully saturated rings. The van der Waals surface area contributed by atoms with Crippen molar-refractivity contribution in [1.82, 2.24) is 45.0 Å². The van der Waals surface area contributed by atoms with E-state index in [1.165, 1.54) is 25.5 Å². The van der Waals surface area contributed by atoms with Crippen LogP contribution in [-0.4, -0.2) is 100 Å². The van der Waals surface area contributed by atoms with Crippen molar-refractivity contribution in [2.75, 3.05) is 72.9 Å². The molecular formula is C40H46ClN13O2S. The van der Waals surface area contributed by atoms with Crippen LogP contribution in [0.25, 0.3) is 22.3 Å². The molecule has 2 aromatic carbocycles. The molecule has 57 heavy (non-hydrogen) atoms. The lowest BCUT2D eigenvalue weighted by Crippen LogP contribution is -2.45. The highest BCUT2D eigenvalue weighted by Gasteiger charge is 2.17. The van der Waals surface area contributed by atoms with Crippen LogP contribution in [0.1, 0.15) is 41.8 Å². The van der Waals surface area contributed by atoms with Crippen molar-refractivity contribution in [1.29, 1.82) is 0 Å². The fourth-order valence-electron chi connectivity index (χ4n) is 7.34. The lowest BCUT2D eigenvalue weighted by Gasteiger charge is -2.27. The largest absolute Gasteiger partial charge is 0.372 e. The number of pyridine rings is 2. The molecule has 15 nitrogen and oxygen atoms in total. The number of aromatic nitrogens is 6. The van der Waals surface area contributed by atoms with Crippen molar-refractivity contribution in [2.24, 2.45) is 0 Å². The lowest BCUT2D eigenvalue weighted by molar-refractivity contribution is 0.221. The van der Waals surface area contributed by atoms with E-state index in [4.69, 9.17) is 16.6 Å². The van der Waals surface area contributed by atoms with E-state index >= 15 is 0 Å². The molecule has 0 saturated carbocycles. The van der Waals surface area contributed by atoms with E-state index in [0.717, 1.165) is 98.3 Å². The van der Waals surface area contributed by atoms with E-state index in [-0.39, 0.29) is 11.0 Å². The first-order valence-corrected chi connectivity index (χ1v) is 21.5. The van der Waals surface area contributed by atoms with Gasteiger partial charge in [-0.1, -0.05) is 30.2 Å². The number of fused-ring (bicyclic) bond motifs is 2. The van der Waals surface area contributed by atoms with Gasteiger partial charge < -0.3 is 21.3 Å². The van der Waals surface area contributed by atoms with Crippen LogP contribution in [0.5, 0.6) is 0 Å². The minimum atomic E-state index is -3.59. The summed E-state index contributed by atoms with van der Waals surface area (Å²) in [5, 5.41) is 14.3.